The minimum atomic E-state index is -0.196. The summed E-state index contributed by atoms with van der Waals surface area (Å²) in [4.78, 5) is 0. The maximum absolute atomic E-state index is 9.50. The van der Waals surface area contributed by atoms with Gasteiger partial charge in [0.15, 0.2) is 0 Å². The zero-order valence-electron chi connectivity index (χ0n) is 8.25. The minimum Gasteiger partial charge on any atom is -0.511 e. The Kier molecular flexibility index (Phi) is 3.55. The van der Waals surface area contributed by atoms with E-state index in [1.807, 2.05) is 6.92 Å². The molecule has 2 heteroatoms. The van der Waals surface area contributed by atoms with Crippen LogP contribution in [0, 0.1) is 17.8 Å². The Morgan fingerprint density at radius 2 is 2.36 bits per heavy atom. The Balaban J connectivity index is 2.76. The number of hydrogen-bond donors (Lipinski definition) is 2. The Bertz CT molecular complexity index is 350. The molecule has 1 rings (SSSR count). The molecular weight excluding hydrogens is 176 g/mol. The molecule has 2 nitrogen and oxygen atoms in total. The molecule has 0 radical (unpaired) electrons. The summed E-state index contributed by atoms with van der Waals surface area (Å²) in [5, 5.41) is 18.4. The van der Waals surface area contributed by atoms with Crippen molar-refractivity contribution in [3.05, 3.63) is 35.6 Å². The summed E-state index contributed by atoms with van der Waals surface area (Å²) in [6.07, 6.45) is 3.92. The first-order chi connectivity index (χ1) is 6.63. The first kappa shape index (κ1) is 10.6. The molecule has 1 unspecified atom stereocenters. The van der Waals surface area contributed by atoms with E-state index in [9.17, 15) is 5.11 Å². The summed E-state index contributed by atoms with van der Waals surface area (Å²) in [6.45, 7) is 5.51. The summed E-state index contributed by atoms with van der Waals surface area (Å²) in [5.41, 5.74) is 1.67. The minimum absolute atomic E-state index is 0.0228. The van der Waals surface area contributed by atoms with E-state index in [0.717, 1.165) is 11.1 Å². The Morgan fingerprint density at radius 3 is 2.93 bits per heavy atom. The van der Waals surface area contributed by atoms with E-state index in [-0.39, 0.29) is 18.3 Å². The topological polar surface area (TPSA) is 40.5 Å². The molecule has 1 aliphatic rings. The van der Waals surface area contributed by atoms with Gasteiger partial charge in [-0.05, 0) is 30.6 Å². The number of rotatable bonds is 1. The number of hydrogen-bond acceptors (Lipinski definition) is 2. The van der Waals surface area contributed by atoms with E-state index >= 15 is 0 Å². The normalized spacial score (nSPS) is 20.3. The molecule has 2 N–H and O–H groups in total. The second-order valence-electron chi connectivity index (χ2n) is 3.38. The van der Waals surface area contributed by atoms with Gasteiger partial charge in [-0.3, -0.25) is 0 Å². The van der Waals surface area contributed by atoms with Crippen LogP contribution in [0.2, 0.25) is 0 Å². The predicted molar refractivity (Wildman–Crippen MR) is 56.6 cm³/mol. The molecule has 1 atom stereocenters. The maximum Gasteiger partial charge on any atom is 0.108 e. The molecule has 0 saturated heterocycles. The maximum atomic E-state index is 9.50. The molecule has 0 bridgehead atoms. The van der Waals surface area contributed by atoms with Crippen molar-refractivity contribution >= 4 is 0 Å². The lowest BCUT2D eigenvalue weighted by Crippen LogP contribution is -2.08. The van der Waals surface area contributed by atoms with Crippen LogP contribution in [0.5, 0.6) is 0 Å². The highest BCUT2D eigenvalue weighted by atomic mass is 16.3. The van der Waals surface area contributed by atoms with Crippen molar-refractivity contribution in [2.45, 2.75) is 13.3 Å². The summed E-state index contributed by atoms with van der Waals surface area (Å²) < 4.78 is 0. The molecule has 74 valence electrons. The predicted octanol–water partition coefficient (Wildman–Crippen LogP) is 1.95. The van der Waals surface area contributed by atoms with E-state index < -0.39 is 0 Å². The number of aliphatic hydroxyl groups is 2. The van der Waals surface area contributed by atoms with Crippen LogP contribution >= 0.6 is 0 Å². The Morgan fingerprint density at radius 1 is 1.64 bits per heavy atom. The third kappa shape index (κ3) is 2.79. The van der Waals surface area contributed by atoms with Gasteiger partial charge in [-0.1, -0.05) is 24.5 Å². The highest BCUT2D eigenvalue weighted by Crippen LogP contribution is 2.22. The van der Waals surface area contributed by atoms with Crippen LogP contribution in [-0.2, 0) is 0 Å². The van der Waals surface area contributed by atoms with E-state index in [0.29, 0.717) is 6.42 Å². The lowest BCUT2D eigenvalue weighted by atomic mass is 9.93. The van der Waals surface area contributed by atoms with Gasteiger partial charge in [0.05, 0.1) is 12.5 Å². The van der Waals surface area contributed by atoms with Crippen LogP contribution in [0.1, 0.15) is 13.3 Å². The highest BCUT2D eigenvalue weighted by molar-refractivity contribution is 5.33. The van der Waals surface area contributed by atoms with Crippen molar-refractivity contribution in [3.8, 4) is 11.8 Å². The molecule has 0 spiro atoms. The van der Waals surface area contributed by atoms with Crippen molar-refractivity contribution in [3.63, 3.8) is 0 Å². The first-order valence-corrected chi connectivity index (χ1v) is 4.50. The number of allylic oxidation sites excluding steroid dienone is 4. The lowest BCUT2D eigenvalue weighted by molar-refractivity contribution is 0.311. The molecule has 0 amide bonds. The van der Waals surface area contributed by atoms with Crippen LogP contribution in [0.4, 0.5) is 0 Å². The fraction of sp³-hybridized carbons (Fsp3) is 0.333. The van der Waals surface area contributed by atoms with Crippen LogP contribution in [-0.4, -0.2) is 16.8 Å². The van der Waals surface area contributed by atoms with Gasteiger partial charge in [0.25, 0.3) is 0 Å². The average molecular weight is 190 g/mol. The Hall–Kier alpha value is -1.46. The molecular formula is C12H14O2. The van der Waals surface area contributed by atoms with E-state index in [1.54, 1.807) is 12.2 Å². The first-order valence-electron chi connectivity index (χ1n) is 4.50. The quantitative estimate of drug-likeness (QED) is 0.620. The van der Waals surface area contributed by atoms with Crippen LogP contribution in [0.3, 0.4) is 0 Å². The highest BCUT2D eigenvalue weighted by Gasteiger charge is 2.15. The molecule has 0 aromatic carbocycles. The molecule has 0 saturated carbocycles. The van der Waals surface area contributed by atoms with E-state index in [4.69, 9.17) is 5.11 Å². The van der Waals surface area contributed by atoms with Crippen LogP contribution < -0.4 is 0 Å². The van der Waals surface area contributed by atoms with Gasteiger partial charge in [-0.2, -0.15) is 0 Å². The van der Waals surface area contributed by atoms with Crippen molar-refractivity contribution in [2.24, 2.45) is 5.92 Å². The fourth-order valence-corrected chi connectivity index (χ4v) is 1.21. The molecule has 0 fully saturated rings. The average Bonchev–Trinajstić information content (AvgIpc) is 2.16. The third-order valence-corrected chi connectivity index (χ3v) is 1.98. The molecule has 1 aliphatic carbocycles. The van der Waals surface area contributed by atoms with Gasteiger partial charge in [-0.15, -0.1) is 0 Å². The zero-order chi connectivity index (χ0) is 10.6. The van der Waals surface area contributed by atoms with Gasteiger partial charge in [-0.25, -0.2) is 0 Å². The van der Waals surface area contributed by atoms with Crippen LogP contribution in [0.25, 0.3) is 0 Å². The molecule has 14 heavy (non-hydrogen) atoms. The fourth-order valence-electron chi connectivity index (χ4n) is 1.21. The Labute approximate surface area is 84.3 Å². The summed E-state index contributed by atoms with van der Waals surface area (Å²) in [7, 11) is 0. The van der Waals surface area contributed by atoms with E-state index in [1.165, 1.54) is 0 Å². The molecule has 0 aliphatic heterocycles. The lowest BCUT2D eigenvalue weighted by Gasteiger charge is -2.15. The summed E-state index contributed by atoms with van der Waals surface area (Å²) in [5.74, 6) is 5.82. The summed E-state index contributed by atoms with van der Waals surface area (Å²) in [6, 6.07) is 0. The summed E-state index contributed by atoms with van der Waals surface area (Å²) >= 11 is 0. The molecule has 0 aromatic rings. The molecule has 0 aromatic heterocycles. The van der Waals surface area contributed by atoms with E-state index in [2.05, 4.69) is 18.4 Å². The van der Waals surface area contributed by atoms with Crippen molar-refractivity contribution < 1.29 is 10.2 Å². The molecule has 0 heterocycles. The van der Waals surface area contributed by atoms with Gasteiger partial charge >= 0.3 is 0 Å². The smallest absolute Gasteiger partial charge is 0.108 e. The van der Waals surface area contributed by atoms with Gasteiger partial charge in [0, 0.05) is 0 Å². The van der Waals surface area contributed by atoms with Gasteiger partial charge in [0.2, 0.25) is 0 Å². The second-order valence-corrected chi connectivity index (χ2v) is 3.38. The van der Waals surface area contributed by atoms with Gasteiger partial charge < -0.3 is 10.2 Å². The SMILES string of the molecule is C=C(C)C#CC1CC(CO)=CC=C1O. The number of aliphatic hydroxyl groups excluding tert-OH is 2. The van der Waals surface area contributed by atoms with Crippen molar-refractivity contribution in [1.29, 1.82) is 0 Å². The van der Waals surface area contributed by atoms with Gasteiger partial charge in [0.1, 0.15) is 5.76 Å². The second kappa shape index (κ2) is 4.69. The third-order valence-electron chi connectivity index (χ3n) is 1.98. The monoisotopic (exact) mass is 190 g/mol. The van der Waals surface area contributed by atoms with Crippen molar-refractivity contribution in [2.75, 3.05) is 6.61 Å². The zero-order valence-corrected chi connectivity index (χ0v) is 8.25. The largest absolute Gasteiger partial charge is 0.511 e. The van der Waals surface area contributed by atoms with Crippen molar-refractivity contribution in [1.82, 2.24) is 0 Å². The van der Waals surface area contributed by atoms with Crippen LogP contribution in [0.15, 0.2) is 35.6 Å². The standard InChI is InChI=1S/C12H14O2/c1-9(2)3-5-11-7-10(8-13)4-6-12(11)14/h4,6,11,13-14H,1,7-8H2,2H3.